The molecule has 1 aliphatic heterocycles. The van der Waals surface area contributed by atoms with Crippen molar-refractivity contribution in [2.75, 3.05) is 42.0 Å². The highest BCUT2D eigenvalue weighted by Crippen LogP contribution is 2.39. The molecular weight excluding hydrogens is 482 g/mol. The number of ether oxygens (including phenoxy) is 4. The number of methoxy groups -OCH3 is 4. The Hall–Kier alpha value is -3.27. The van der Waals surface area contributed by atoms with Gasteiger partial charge < -0.3 is 18.9 Å². The number of nitrogens with zero attached hydrogens (tertiary/aromatic N) is 1. The van der Waals surface area contributed by atoms with Crippen molar-refractivity contribution in [1.29, 1.82) is 0 Å². The van der Waals surface area contributed by atoms with Gasteiger partial charge in [-0.05, 0) is 73.0 Å². The van der Waals surface area contributed by atoms with Crippen LogP contribution in [0.25, 0.3) is 0 Å². The molecule has 1 atom stereocenters. The normalized spacial score (nSPS) is 15.2. The van der Waals surface area contributed by atoms with Crippen molar-refractivity contribution >= 4 is 10.1 Å². The average Bonchev–Trinajstić information content (AvgIpc) is 2.89. The van der Waals surface area contributed by atoms with Crippen LogP contribution >= 0.6 is 0 Å². The first-order valence-corrected chi connectivity index (χ1v) is 12.8. The lowest BCUT2D eigenvalue weighted by Crippen LogP contribution is -2.33. The van der Waals surface area contributed by atoms with Gasteiger partial charge in [0.1, 0.15) is 0 Å². The van der Waals surface area contributed by atoms with Gasteiger partial charge in [-0.15, -0.1) is 0 Å². The van der Waals surface area contributed by atoms with Crippen LogP contribution in [-0.4, -0.2) is 59.9 Å². The highest BCUT2D eigenvalue weighted by molar-refractivity contribution is 7.85. The molecule has 3 aromatic carbocycles. The van der Waals surface area contributed by atoms with Gasteiger partial charge >= 0.3 is 0 Å². The van der Waals surface area contributed by atoms with Crippen LogP contribution < -0.4 is 18.9 Å². The summed E-state index contributed by atoms with van der Waals surface area (Å²) in [7, 11) is 4.85. The van der Waals surface area contributed by atoms with E-state index >= 15 is 0 Å². The average molecular weight is 516 g/mol. The number of likely N-dealkylation sites (N-methyl/N-ethyl adjacent to an activating group) is 1. The van der Waals surface area contributed by atoms with E-state index < -0.39 is 10.1 Å². The molecule has 0 aliphatic carbocycles. The maximum Gasteiger partial charge on any atom is 0.294 e. The Kier molecular flexibility index (Phi) is 9.19. The van der Waals surface area contributed by atoms with Gasteiger partial charge in [0.15, 0.2) is 23.0 Å². The van der Waals surface area contributed by atoms with Crippen LogP contribution in [0.2, 0.25) is 0 Å². The fourth-order valence-electron chi connectivity index (χ4n) is 4.24. The van der Waals surface area contributed by atoms with Crippen LogP contribution in [0.3, 0.4) is 0 Å². The number of fused-ring (bicyclic) bond motifs is 1. The fourth-order valence-corrected chi connectivity index (χ4v) is 4.74. The van der Waals surface area contributed by atoms with Crippen molar-refractivity contribution in [2.24, 2.45) is 0 Å². The summed E-state index contributed by atoms with van der Waals surface area (Å²) in [4.78, 5) is 2.32. The molecular formula is C27H33NO7S. The summed E-state index contributed by atoms with van der Waals surface area (Å²) in [6.45, 7) is 1.01. The first kappa shape index (κ1) is 27.3. The minimum atomic E-state index is -4.00. The van der Waals surface area contributed by atoms with Crippen molar-refractivity contribution in [3.05, 3.63) is 77.4 Å². The topological polar surface area (TPSA) is 94.5 Å². The molecule has 0 saturated carbocycles. The standard InChI is InChI=1S/C21H27NO4.C6H6O3S/c1-22-9-8-15-12-20(25-4)21(26-5)13-16(15)17(22)10-14-6-7-18(23-2)19(11-14)24-3;7-10(8,9)6-4-2-1-3-5-6/h6-7,11-13,17H,8-10H2,1-5H3;1-5H,(H,7,8,9)/t17-;/m1./s1. The van der Waals surface area contributed by atoms with Gasteiger partial charge in [-0.2, -0.15) is 8.42 Å². The Bertz CT molecular complexity index is 1260. The first-order valence-electron chi connectivity index (χ1n) is 11.4. The highest BCUT2D eigenvalue weighted by Gasteiger charge is 2.27. The lowest BCUT2D eigenvalue weighted by atomic mass is 9.88. The van der Waals surface area contributed by atoms with E-state index in [0.717, 1.165) is 42.4 Å². The second-order valence-electron chi connectivity index (χ2n) is 8.33. The van der Waals surface area contributed by atoms with E-state index in [1.807, 2.05) is 6.07 Å². The van der Waals surface area contributed by atoms with Crippen molar-refractivity contribution in [1.82, 2.24) is 4.90 Å². The molecule has 3 aromatic rings. The van der Waals surface area contributed by atoms with Gasteiger partial charge in [0.05, 0.1) is 33.3 Å². The number of rotatable bonds is 7. The molecule has 36 heavy (non-hydrogen) atoms. The molecule has 0 unspecified atom stereocenters. The lowest BCUT2D eigenvalue weighted by molar-refractivity contribution is 0.227. The minimum absolute atomic E-state index is 0.0741. The molecule has 0 saturated heterocycles. The number of benzene rings is 3. The highest BCUT2D eigenvalue weighted by atomic mass is 32.2. The van der Waals surface area contributed by atoms with Gasteiger partial charge in [-0.3, -0.25) is 9.45 Å². The fraction of sp³-hybridized carbons (Fsp3) is 0.333. The zero-order chi connectivity index (χ0) is 26.3. The van der Waals surface area contributed by atoms with Crippen LogP contribution in [0.15, 0.2) is 65.6 Å². The van der Waals surface area contributed by atoms with Gasteiger partial charge in [0.2, 0.25) is 0 Å². The Labute approximate surface area is 213 Å². The minimum Gasteiger partial charge on any atom is -0.493 e. The van der Waals surface area contributed by atoms with Crippen LogP contribution in [-0.2, 0) is 23.0 Å². The van der Waals surface area contributed by atoms with E-state index in [2.05, 4.69) is 36.2 Å². The van der Waals surface area contributed by atoms with E-state index in [0.29, 0.717) is 0 Å². The maximum absolute atomic E-state index is 10.4. The van der Waals surface area contributed by atoms with Crippen LogP contribution in [0.1, 0.15) is 22.7 Å². The van der Waals surface area contributed by atoms with Crippen molar-refractivity contribution in [3.63, 3.8) is 0 Å². The zero-order valence-electron chi connectivity index (χ0n) is 21.2. The molecule has 0 amide bonds. The van der Waals surface area contributed by atoms with E-state index in [9.17, 15) is 8.42 Å². The Balaban J connectivity index is 0.000000303. The SMILES string of the molecule is COc1ccc(C[C@@H]2c3cc(OC)c(OC)cc3CCN2C)cc1OC.O=S(=O)(O)c1ccccc1. The lowest BCUT2D eigenvalue weighted by Gasteiger charge is -2.35. The smallest absolute Gasteiger partial charge is 0.294 e. The quantitative estimate of drug-likeness (QED) is 0.462. The Morgan fingerprint density at radius 3 is 1.97 bits per heavy atom. The first-order chi connectivity index (χ1) is 17.2. The predicted octanol–water partition coefficient (Wildman–Crippen LogP) is 4.43. The molecule has 0 aromatic heterocycles. The largest absolute Gasteiger partial charge is 0.493 e. The molecule has 0 fully saturated rings. The third-order valence-corrected chi connectivity index (χ3v) is 7.06. The Morgan fingerprint density at radius 1 is 0.833 bits per heavy atom. The molecule has 0 radical (unpaired) electrons. The zero-order valence-corrected chi connectivity index (χ0v) is 22.0. The van der Waals surface area contributed by atoms with E-state index in [4.69, 9.17) is 23.5 Å². The third kappa shape index (κ3) is 6.48. The summed E-state index contributed by atoms with van der Waals surface area (Å²) in [5.74, 6) is 3.08. The van der Waals surface area contributed by atoms with Crippen molar-refractivity contribution in [3.8, 4) is 23.0 Å². The molecule has 4 rings (SSSR count). The molecule has 194 valence electrons. The predicted molar refractivity (Wildman–Crippen MR) is 138 cm³/mol. The van der Waals surface area contributed by atoms with Crippen LogP contribution in [0, 0.1) is 0 Å². The summed E-state index contributed by atoms with van der Waals surface area (Å²) >= 11 is 0. The van der Waals surface area contributed by atoms with Crippen LogP contribution in [0.5, 0.6) is 23.0 Å². The molecule has 0 spiro atoms. The van der Waals surface area contributed by atoms with E-state index in [-0.39, 0.29) is 10.9 Å². The summed E-state index contributed by atoms with van der Waals surface area (Å²) in [6, 6.07) is 18.1. The van der Waals surface area contributed by atoms with Crippen molar-refractivity contribution in [2.45, 2.75) is 23.8 Å². The second kappa shape index (κ2) is 12.1. The van der Waals surface area contributed by atoms with Gasteiger partial charge in [0, 0.05) is 12.6 Å². The third-order valence-electron chi connectivity index (χ3n) is 6.19. The van der Waals surface area contributed by atoms with Crippen molar-refractivity contribution < 1.29 is 31.9 Å². The second-order valence-corrected chi connectivity index (χ2v) is 9.76. The van der Waals surface area contributed by atoms with E-state index in [1.165, 1.54) is 28.8 Å². The summed E-state index contributed by atoms with van der Waals surface area (Å²) in [5.41, 5.74) is 3.83. The summed E-state index contributed by atoms with van der Waals surface area (Å²) in [5, 5.41) is 0. The molecule has 1 heterocycles. The molecule has 1 N–H and O–H groups in total. The molecule has 0 bridgehead atoms. The summed E-state index contributed by atoms with van der Waals surface area (Å²) < 4.78 is 51.0. The maximum atomic E-state index is 10.4. The van der Waals surface area contributed by atoms with Crippen LogP contribution in [0.4, 0.5) is 0 Å². The monoisotopic (exact) mass is 515 g/mol. The van der Waals surface area contributed by atoms with E-state index in [1.54, 1.807) is 46.6 Å². The number of hydrogen-bond donors (Lipinski definition) is 1. The summed E-state index contributed by atoms with van der Waals surface area (Å²) in [6.07, 6.45) is 1.90. The number of hydrogen-bond acceptors (Lipinski definition) is 7. The molecule has 1 aliphatic rings. The Morgan fingerprint density at radius 2 is 1.42 bits per heavy atom. The molecule has 9 heteroatoms. The van der Waals surface area contributed by atoms with Gasteiger partial charge in [0.25, 0.3) is 10.1 Å². The van der Waals surface area contributed by atoms with Gasteiger partial charge in [-0.1, -0.05) is 24.3 Å². The molecule has 8 nitrogen and oxygen atoms in total. The van der Waals surface area contributed by atoms with Gasteiger partial charge in [-0.25, -0.2) is 0 Å².